The molecular weight excluding hydrogens is 276 g/mol. The molecule has 0 fully saturated rings. The molecule has 0 radical (unpaired) electrons. The maximum absolute atomic E-state index is 4.10. The average molecular weight is 307 g/mol. The minimum absolute atomic E-state index is 0.426. The maximum atomic E-state index is 4.10. The second-order valence-corrected chi connectivity index (χ2v) is 15.2. The smallest absolute Gasteiger partial charge is 0.126 e. The van der Waals surface area contributed by atoms with Crippen LogP contribution in [0.4, 0.5) is 0 Å². The lowest BCUT2D eigenvalue weighted by atomic mass is 10.1. The largest absolute Gasteiger partial charge is 0.172 e. The highest BCUT2D eigenvalue weighted by Crippen LogP contribution is 2.54. The van der Waals surface area contributed by atoms with Gasteiger partial charge in [0.1, 0.15) is 7.22 Å². The van der Waals surface area contributed by atoms with Crippen molar-refractivity contribution in [2.24, 2.45) is 0 Å². The molecular formula is C18H30SSi. The molecule has 0 nitrogen and oxygen atoms in total. The summed E-state index contributed by atoms with van der Waals surface area (Å²) in [6.07, 6.45) is 2.13. The number of hydrogen-bond acceptors (Lipinski definition) is 1. The highest BCUT2D eigenvalue weighted by molar-refractivity contribution is 8.29. The molecule has 0 aliphatic carbocycles. The van der Waals surface area contributed by atoms with Gasteiger partial charge < -0.3 is 0 Å². The van der Waals surface area contributed by atoms with Crippen molar-refractivity contribution in [1.82, 2.24) is 0 Å². The summed E-state index contributed by atoms with van der Waals surface area (Å²) in [5.74, 6) is 0. The van der Waals surface area contributed by atoms with Gasteiger partial charge in [-0.3, -0.25) is 0 Å². The first-order valence-corrected chi connectivity index (χ1v) is 11.5. The molecule has 1 atom stereocenters. The zero-order valence-electron chi connectivity index (χ0n) is 13.9. The second-order valence-electron chi connectivity index (χ2n) is 6.50. The Morgan fingerprint density at radius 3 is 1.70 bits per heavy atom. The van der Waals surface area contributed by atoms with Gasteiger partial charge in [-0.1, -0.05) is 78.0 Å². The normalized spacial score (nSPS) is 14.1. The molecule has 1 aromatic rings. The van der Waals surface area contributed by atoms with Crippen LogP contribution >= 0.6 is 11.2 Å². The predicted octanol–water partition coefficient (Wildman–Crippen LogP) is 6.82. The topological polar surface area (TPSA) is 0 Å². The summed E-state index contributed by atoms with van der Waals surface area (Å²) >= 11 is 2.24. The van der Waals surface area contributed by atoms with Crippen molar-refractivity contribution in [3.8, 4) is 0 Å². The van der Waals surface area contributed by atoms with Crippen LogP contribution in [-0.4, -0.2) is 7.22 Å². The Labute approximate surface area is 130 Å². The van der Waals surface area contributed by atoms with E-state index in [1.165, 1.54) is 5.56 Å². The van der Waals surface area contributed by atoms with Crippen molar-refractivity contribution in [3.63, 3.8) is 0 Å². The van der Waals surface area contributed by atoms with Gasteiger partial charge in [0, 0.05) is 5.25 Å². The number of benzene rings is 1. The summed E-state index contributed by atoms with van der Waals surface area (Å²) in [7, 11) is -1.45. The lowest BCUT2D eigenvalue weighted by Gasteiger charge is -2.44. The molecule has 0 bridgehead atoms. The molecule has 1 aromatic carbocycles. The first-order chi connectivity index (χ1) is 9.36. The lowest BCUT2D eigenvalue weighted by molar-refractivity contribution is 0.850. The third kappa shape index (κ3) is 3.59. The molecule has 0 aliphatic rings. The van der Waals surface area contributed by atoms with Gasteiger partial charge >= 0.3 is 0 Å². The van der Waals surface area contributed by atoms with E-state index >= 15 is 0 Å². The fourth-order valence-corrected chi connectivity index (χ4v) is 13.6. The summed E-state index contributed by atoms with van der Waals surface area (Å²) in [5, 5.41) is 0.426. The molecule has 0 saturated carbocycles. The monoisotopic (exact) mass is 306 g/mol. The van der Waals surface area contributed by atoms with Crippen LogP contribution < -0.4 is 0 Å². The van der Waals surface area contributed by atoms with Crippen LogP contribution in [0.5, 0.6) is 0 Å². The minimum atomic E-state index is -1.45. The van der Waals surface area contributed by atoms with Gasteiger partial charge in [-0.15, -0.1) is 6.58 Å². The van der Waals surface area contributed by atoms with Crippen molar-refractivity contribution in [2.75, 3.05) is 0 Å². The van der Waals surface area contributed by atoms with Crippen LogP contribution in [0, 0.1) is 0 Å². The van der Waals surface area contributed by atoms with Gasteiger partial charge in [-0.2, -0.15) is 11.2 Å². The molecule has 1 rings (SSSR count). The van der Waals surface area contributed by atoms with E-state index in [1.54, 1.807) is 0 Å². The van der Waals surface area contributed by atoms with Crippen LogP contribution in [0.1, 0.15) is 52.4 Å². The van der Waals surface area contributed by atoms with E-state index in [9.17, 15) is 0 Å². The van der Waals surface area contributed by atoms with Crippen LogP contribution in [-0.2, 0) is 0 Å². The Bertz CT molecular complexity index is 387. The molecule has 0 aliphatic heterocycles. The van der Waals surface area contributed by atoms with Gasteiger partial charge in [0.05, 0.1) is 0 Å². The lowest BCUT2D eigenvalue weighted by Crippen LogP contribution is -2.41. The van der Waals surface area contributed by atoms with Crippen molar-refractivity contribution < 1.29 is 0 Å². The zero-order valence-corrected chi connectivity index (χ0v) is 15.7. The van der Waals surface area contributed by atoms with Crippen LogP contribution in [0.3, 0.4) is 0 Å². The molecule has 112 valence electrons. The summed E-state index contributed by atoms with van der Waals surface area (Å²) in [6, 6.07) is 10.8. The summed E-state index contributed by atoms with van der Waals surface area (Å²) in [4.78, 5) is 0. The summed E-state index contributed by atoms with van der Waals surface area (Å²) < 4.78 is 0. The molecule has 2 heteroatoms. The fourth-order valence-electron chi connectivity index (χ4n) is 3.52. The average Bonchev–Trinajstić information content (AvgIpc) is 2.39. The van der Waals surface area contributed by atoms with Gasteiger partial charge in [-0.05, 0) is 22.2 Å². The highest BCUT2D eigenvalue weighted by atomic mass is 32.4. The van der Waals surface area contributed by atoms with Crippen molar-refractivity contribution in [2.45, 2.75) is 63.4 Å². The van der Waals surface area contributed by atoms with Gasteiger partial charge in [0.15, 0.2) is 0 Å². The molecule has 20 heavy (non-hydrogen) atoms. The standard InChI is InChI=1S/C18H30SSi/c1-8-18(17-12-10-9-11-13-17)19-20(14(2)3,15(4)5)16(6)7/h8-16,18H,1H2,2-7H3/t18-/m0/s1. The Morgan fingerprint density at radius 1 is 0.900 bits per heavy atom. The molecule has 0 spiro atoms. The van der Waals surface area contributed by atoms with E-state index in [1.807, 2.05) is 0 Å². The first-order valence-electron chi connectivity index (χ1n) is 7.71. The molecule has 0 amide bonds. The van der Waals surface area contributed by atoms with Crippen LogP contribution in [0.15, 0.2) is 43.0 Å². The Balaban J connectivity index is 3.14. The Morgan fingerprint density at radius 2 is 1.35 bits per heavy atom. The molecule has 0 unspecified atom stereocenters. The summed E-state index contributed by atoms with van der Waals surface area (Å²) in [6.45, 7) is 18.6. The van der Waals surface area contributed by atoms with Gasteiger partial charge in [0.25, 0.3) is 0 Å². The van der Waals surface area contributed by atoms with E-state index in [4.69, 9.17) is 0 Å². The third-order valence-electron chi connectivity index (χ3n) is 4.38. The fraction of sp³-hybridized carbons (Fsp3) is 0.556. The molecule has 0 heterocycles. The molecule has 0 N–H and O–H groups in total. The number of hydrogen-bond donors (Lipinski definition) is 0. The van der Waals surface area contributed by atoms with Crippen molar-refractivity contribution in [1.29, 1.82) is 0 Å². The minimum Gasteiger partial charge on any atom is -0.172 e. The predicted molar refractivity (Wildman–Crippen MR) is 98.0 cm³/mol. The first kappa shape index (κ1) is 17.6. The molecule has 0 aromatic heterocycles. The Kier molecular flexibility index (Phi) is 6.60. The van der Waals surface area contributed by atoms with E-state index in [2.05, 4.69) is 95.7 Å². The quantitative estimate of drug-likeness (QED) is 0.393. The van der Waals surface area contributed by atoms with Gasteiger partial charge in [-0.25, -0.2) is 0 Å². The highest BCUT2D eigenvalue weighted by Gasteiger charge is 2.45. The van der Waals surface area contributed by atoms with Crippen LogP contribution in [0.25, 0.3) is 0 Å². The van der Waals surface area contributed by atoms with Crippen molar-refractivity contribution >= 4 is 18.4 Å². The zero-order chi connectivity index (χ0) is 15.3. The van der Waals surface area contributed by atoms with Crippen LogP contribution in [0.2, 0.25) is 16.6 Å². The number of rotatable bonds is 7. The van der Waals surface area contributed by atoms with E-state index in [0.717, 1.165) is 16.6 Å². The maximum Gasteiger partial charge on any atom is 0.126 e. The van der Waals surface area contributed by atoms with E-state index in [0.29, 0.717) is 5.25 Å². The summed E-state index contributed by atoms with van der Waals surface area (Å²) in [5.41, 5.74) is 3.72. The van der Waals surface area contributed by atoms with E-state index in [-0.39, 0.29) is 0 Å². The second kappa shape index (κ2) is 7.51. The van der Waals surface area contributed by atoms with Gasteiger partial charge in [0.2, 0.25) is 0 Å². The third-order valence-corrected chi connectivity index (χ3v) is 17.2. The molecule has 0 saturated heterocycles. The van der Waals surface area contributed by atoms with E-state index < -0.39 is 7.22 Å². The SMILES string of the molecule is C=C[C@H](S[Si](C(C)C)(C(C)C)C(C)C)c1ccccc1. The Hall–Kier alpha value is -0.473. The van der Waals surface area contributed by atoms with Crippen molar-refractivity contribution in [3.05, 3.63) is 48.6 Å².